The molecule has 1 N–H and O–H groups in total. The second kappa shape index (κ2) is 10.4. The standard InChI is InChI=1S/C17H23N3O9S/c1-7-18-17(20-19-7)30-16-15(28-11(5)24)14(27-10(4)23)13(26-9(3)22)12(29-16)6-25-8(2)21/h12-16H,6H2,1-5H3,(H,18,19,20)/t12-,13+,14+,15-,16+/m1/s1. The van der Waals surface area contributed by atoms with Crippen molar-refractivity contribution in [1.29, 1.82) is 0 Å². The SMILES string of the molecule is CC(=O)OC[C@H]1O[C@@H](Sc2n[nH]c(C)n2)[C@H](OC(C)=O)[C@@H](OC(C)=O)[C@H]1OC(C)=O. The van der Waals surface area contributed by atoms with Crippen molar-refractivity contribution in [2.75, 3.05) is 6.61 Å². The Bertz CT molecular complexity index is 799. The second-order valence-electron chi connectivity index (χ2n) is 6.39. The maximum atomic E-state index is 11.7. The zero-order chi connectivity index (χ0) is 22.4. The molecule has 1 aromatic rings. The van der Waals surface area contributed by atoms with Crippen LogP contribution in [0.4, 0.5) is 0 Å². The van der Waals surface area contributed by atoms with E-state index in [0.717, 1.165) is 25.6 Å². The van der Waals surface area contributed by atoms with Crippen LogP contribution in [0.3, 0.4) is 0 Å². The van der Waals surface area contributed by atoms with Crippen LogP contribution < -0.4 is 0 Å². The number of aryl methyl sites for hydroxylation is 1. The summed E-state index contributed by atoms with van der Waals surface area (Å²) in [5.41, 5.74) is -0.958. The van der Waals surface area contributed by atoms with Gasteiger partial charge < -0.3 is 23.7 Å². The lowest BCUT2D eigenvalue weighted by Gasteiger charge is -2.43. The summed E-state index contributed by atoms with van der Waals surface area (Å²) in [7, 11) is 0. The lowest BCUT2D eigenvalue weighted by molar-refractivity contribution is -0.237. The van der Waals surface area contributed by atoms with Gasteiger partial charge >= 0.3 is 23.9 Å². The van der Waals surface area contributed by atoms with E-state index in [2.05, 4.69) is 15.2 Å². The molecule has 2 heterocycles. The zero-order valence-electron chi connectivity index (χ0n) is 17.1. The van der Waals surface area contributed by atoms with Crippen LogP contribution in [-0.4, -0.2) is 75.5 Å². The topological polar surface area (TPSA) is 156 Å². The van der Waals surface area contributed by atoms with Gasteiger partial charge in [-0.15, -0.1) is 5.10 Å². The van der Waals surface area contributed by atoms with E-state index in [9.17, 15) is 19.2 Å². The van der Waals surface area contributed by atoms with E-state index in [0.29, 0.717) is 5.82 Å². The molecule has 13 heteroatoms. The summed E-state index contributed by atoms with van der Waals surface area (Å²) >= 11 is 1.00. The lowest BCUT2D eigenvalue weighted by atomic mass is 9.99. The zero-order valence-corrected chi connectivity index (χ0v) is 17.9. The van der Waals surface area contributed by atoms with Crippen molar-refractivity contribution in [3.8, 4) is 0 Å². The number of nitrogens with one attached hydrogen (secondary N) is 1. The molecule has 2 rings (SSSR count). The smallest absolute Gasteiger partial charge is 0.303 e. The first-order valence-electron chi connectivity index (χ1n) is 8.93. The first kappa shape index (κ1) is 23.6. The fourth-order valence-electron chi connectivity index (χ4n) is 2.76. The maximum Gasteiger partial charge on any atom is 0.303 e. The molecule has 1 saturated heterocycles. The fourth-order valence-corrected chi connectivity index (χ4v) is 3.80. The second-order valence-corrected chi connectivity index (χ2v) is 7.45. The van der Waals surface area contributed by atoms with Crippen LogP contribution in [0.2, 0.25) is 0 Å². The van der Waals surface area contributed by atoms with Crippen molar-refractivity contribution in [2.24, 2.45) is 0 Å². The van der Waals surface area contributed by atoms with E-state index in [1.54, 1.807) is 6.92 Å². The molecule has 1 fully saturated rings. The van der Waals surface area contributed by atoms with E-state index in [1.165, 1.54) is 13.8 Å². The quantitative estimate of drug-likeness (QED) is 0.452. The molecule has 0 saturated carbocycles. The van der Waals surface area contributed by atoms with Crippen LogP contribution in [0.15, 0.2) is 5.16 Å². The molecule has 166 valence electrons. The van der Waals surface area contributed by atoms with E-state index in [4.69, 9.17) is 23.7 Å². The van der Waals surface area contributed by atoms with Gasteiger partial charge in [-0.1, -0.05) is 0 Å². The minimum absolute atomic E-state index is 0.286. The Morgan fingerprint density at radius 3 is 2.00 bits per heavy atom. The molecule has 1 aromatic heterocycles. The number of esters is 4. The normalized spacial score (nSPS) is 25.8. The van der Waals surface area contributed by atoms with Crippen LogP contribution in [-0.2, 0) is 42.9 Å². The Balaban J connectivity index is 2.41. The number of carbonyl (C=O) groups excluding carboxylic acids is 4. The van der Waals surface area contributed by atoms with Crippen LogP contribution in [0, 0.1) is 6.92 Å². The molecule has 0 unspecified atom stereocenters. The molecule has 1 aliphatic rings. The number of rotatable bonds is 7. The van der Waals surface area contributed by atoms with E-state index < -0.39 is 53.7 Å². The predicted octanol–water partition coefficient (Wildman–Crippen LogP) is 0.288. The summed E-state index contributed by atoms with van der Waals surface area (Å²) in [5.74, 6) is -2.09. The number of hydrogen-bond acceptors (Lipinski definition) is 12. The van der Waals surface area contributed by atoms with Crippen molar-refractivity contribution in [3.63, 3.8) is 0 Å². The highest BCUT2D eigenvalue weighted by molar-refractivity contribution is 7.99. The predicted molar refractivity (Wildman–Crippen MR) is 98.9 cm³/mol. The highest BCUT2D eigenvalue weighted by atomic mass is 32.2. The molecule has 1 aliphatic heterocycles. The highest BCUT2D eigenvalue weighted by Gasteiger charge is 2.52. The van der Waals surface area contributed by atoms with Crippen molar-refractivity contribution in [2.45, 2.75) is 69.6 Å². The minimum Gasteiger partial charge on any atom is -0.463 e. The molecule has 30 heavy (non-hydrogen) atoms. The lowest BCUT2D eigenvalue weighted by Crippen LogP contribution is -2.61. The van der Waals surface area contributed by atoms with Gasteiger partial charge in [0.1, 0.15) is 18.5 Å². The molecule has 0 spiro atoms. The largest absolute Gasteiger partial charge is 0.463 e. The average molecular weight is 445 g/mol. The molecule has 0 amide bonds. The summed E-state index contributed by atoms with van der Waals surface area (Å²) in [6.07, 6.45) is -4.58. The molecule has 0 aliphatic carbocycles. The number of ether oxygens (including phenoxy) is 5. The Morgan fingerprint density at radius 1 is 0.933 bits per heavy atom. The molecular formula is C17H23N3O9S. The summed E-state index contributed by atoms with van der Waals surface area (Å²) in [4.78, 5) is 50.6. The fraction of sp³-hybridized carbons (Fsp3) is 0.647. The van der Waals surface area contributed by atoms with Gasteiger partial charge in [0.05, 0.1) is 0 Å². The first-order valence-corrected chi connectivity index (χ1v) is 9.81. The Kier molecular flexibility index (Phi) is 8.17. The number of hydrogen-bond donors (Lipinski definition) is 1. The van der Waals surface area contributed by atoms with Gasteiger partial charge in [-0.2, -0.15) is 0 Å². The number of H-pyrrole nitrogens is 1. The van der Waals surface area contributed by atoms with Gasteiger partial charge in [0.25, 0.3) is 0 Å². The van der Waals surface area contributed by atoms with E-state index in [1.807, 2.05) is 0 Å². The molecule has 0 bridgehead atoms. The van der Waals surface area contributed by atoms with Crippen LogP contribution >= 0.6 is 11.8 Å². The summed E-state index contributed by atoms with van der Waals surface area (Å²) in [6.45, 7) is 6.11. The molecule has 0 radical (unpaired) electrons. The molecule has 12 nitrogen and oxygen atoms in total. The molecule has 5 atom stereocenters. The number of carbonyl (C=O) groups is 4. The number of nitrogens with zero attached hydrogens (tertiary/aromatic N) is 2. The Hall–Kier alpha value is -2.67. The van der Waals surface area contributed by atoms with Gasteiger partial charge in [0.2, 0.25) is 5.16 Å². The van der Waals surface area contributed by atoms with Crippen LogP contribution in [0.5, 0.6) is 0 Å². The highest BCUT2D eigenvalue weighted by Crippen LogP contribution is 2.36. The number of thioether (sulfide) groups is 1. The molecule has 0 aromatic carbocycles. The Labute approximate surface area is 176 Å². The monoisotopic (exact) mass is 445 g/mol. The van der Waals surface area contributed by atoms with Crippen molar-refractivity contribution < 1.29 is 42.9 Å². The van der Waals surface area contributed by atoms with E-state index in [-0.39, 0.29) is 11.8 Å². The van der Waals surface area contributed by atoms with Gasteiger partial charge in [-0.05, 0) is 18.7 Å². The summed E-state index contributed by atoms with van der Waals surface area (Å²) < 4.78 is 27.0. The maximum absolute atomic E-state index is 11.7. The Morgan fingerprint density at radius 2 is 1.50 bits per heavy atom. The van der Waals surface area contributed by atoms with Crippen molar-refractivity contribution >= 4 is 35.6 Å². The summed E-state index contributed by atoms with van der Waals surface area (Å²) in [6, 6.07) is 0. The van der Waals surface area contributed by atoms with Gasteiger partial charge in [-0.25, -0.2) is 4.98 Å². The summed E-state index contributed by atoms with van der Waals surface area (Å²) in [5, 5.41) is 6.96. The van der Waals surface area contributed by atoms with E-state index >= 15 is 0 Å². The average Bonchev–Trinajstić information content (AvgIpc) is 3.02. The first-order chi connectivity index (χ1) is 14.1. The van der Waals surface area contributed by atoms with Crippen molar-refractivity contribution in [3.05, 3.63) is 5.82 Å². The van der Waals surface area contributed by atoms with Crippen LogP contribution in [0.25, 0.3) is 0 Å². The third kappa shape index (κ3) is 6.69. The third-order valence-corrected chi connectivity index (χ3v) is 4.75. The number of aromatic amines is 1. The number of aromatic nitrogens is 3. The molecular weight excluding hydrogens is 422 g/mol. The van der Waals surface area contributed by atoms with Crippen molar-refractivity contribution in [1.82, 2.24) is 15.2 Å². The van der Waals surface area contributed by atoms with Gasteiger partial charge in [0, 0.05) is 27.7 Å². The minimum atomic E-state index is -1.22. The van der Waals surface area contributed by atoms with Gasteiger partial charge in [0.15, 0.2) is 23.7 Å². The third-order valence-electron chi connectivity index (χ3n) is 3.75. The van der Waals surface area contributed by atoms with Gasteiger partial charge in [-0.3, -0.25) is 24.3 Å². The van der Waals surface area contributed by atoms with Crippen LogP contribution in [0.1, 0.15) is 33.5 Å².